The molecule has 1 heterocycles. The van der Waals surface area contributed by atoms with Crippen molar-refractivity contribution >= 4 is 41.1 Å². The number of carbonyl (C=O) groups is 1. The van der Waals surface area contributed by atoms with E-state index in [0.717, 1.165) is 12.1 Å². The van der Waals surface area contributed by atoms with Crippen LogP contribution in [0.25, 0.3) is 6.08 Å². The summed E-state index contributed by atoms with van der Waals surface area (Å²) >= 11 is 11.6. The smallest absolute Gasteiger partial charge is 0.363 e. The molecule has 3 rings (SSSR count). The summed E-state index contributed by atoms with van der Waals surface area (Å²) in [6.07, 6.45) is 1.49. The van der Waals surface area contributed by atoms with Gasteiger partial charge in [-0.15, -0.1) is 0 Å². The monoisotopic (exact) mass is 353 g/mol. The number of esters is 1. The van der Waals surface area contributed by atoms with Crippen LogP contribution in [0, 0.1) is 11.6 Å². The maximum absolute atomic E-state index is 13.3. The molecule has 0 fully saturated rings. The number of hydrogen-bond acceptors (Lipinski definition) is 3. The van der Waals surface area contributed by atoms with Crippen molar-refractivity contribution < 1.29 is 18.3 Å². The van der Waals surface area contributed by atoms with Crippen LogP contribution in [0.4, 0.5) is 8.78 Å². The lowest BCUT2D eigenvalue weighted by Gasteiger charge is -2.03. The molecule has 2 aromatic carbocycles. The predicted octanol–water partition coefficient (Wildman–Crippen LogP) is 4.62. The number of cyclic esters (lactones) is 1. The average Bonchev–Trinajstić information content (AvgIpc) is 2.86. The first-order valence-electron chi connectivity index (χ1n) is 6.37. The van der Waals surface area contributed by atoms with E-state index in [1.807, 2.05) is 0 Å². The van der Waals surface area contributed by atoms with Crippen molar-refractivity contribution in [3.8, 4) is 0 Å². The van der Waals surface area contributed by atoms with E-state index in [9.17, 15) is 13.6 Å². The molecule has 0 atom stereocenters. The summed E-state index contributed by atoms with van der Waals surface area (Å²) in [6, 6.07) is 8.33. The minimum atomic E-state index is -1.11. The highest BCUT2D eigenvalue weighted by atomic mass is 35.5. The van der Waals surface area contributed by atoms with E-state index in [4.69, 9.17) is 27.9 Å². The molecule has 0 bridgehead atoms. The Balaban J connectivity index is 1.98. The van der Waals surface area contributed by atoms with Gasteiger partial charge in [-0.25, -0.2) is 18.6 Å². The van der Waals surface area contributed by atoms with Crippen LogP contribution < -0.4 is 0 Å². The fourth-order valence-electron chi connectivity index (χ4n) is 1.93. The molecular weight excluding hydrogens is 347 g/mol. The molecular formula is C16H7Cl2F2NO2. The number of aliphatic imine (C=N–C) groups is 1. The zero-order valence-corrected chi connectivity index (χ0v) is 12.8. The summed E-state index contributed by atoms with van der Waals surface area (Å²) in [5.74, 6) is -3.10. The lowest BCUT2D eigenvalue weighted by atomic mass is 10.2. The number of benzene rings is 2. The average molecular weight is 354 g/mol. The van der Waals surface area contributed by atoms with Crippen LogP contribution in [0.5, 0.6) is 0 Å². The number of halogens is 4. The summed E-state index contributed by atoms with van der Waals surface area (Å²) in [5.41, 5.74) is 0.698. The second-order valence-electron chi connectivity index (χ2n) is 4.63. The second-order valence-corrected chi connectivity index (χ2v) is 5.48. The fourth-order valence-corrected chi connectivity index (χ4v) is 2.28. The molecule has 0 aliphatic carbocycles. The molecule has 0 unspecified atom stereocenters. The van der Waals surface area contributed by atoms with Gasteiger partial charge in [-0.3, -0.25) is 0 Å². The van der Waals surface area contributed by atoms with Crippen molar-refractivity contribution in [3.63, 3.8) is 0 Å². The van der Waals surface area contributed by atoms with Crippen molar-refractivity contribution in [2.45, 2.75) is 0 Å². The van der Waals surface area contributed by atoms with E-state index in [1.54, 1.807) is 24.3 Å². The third-order valence-corrected chi connectivity index (χ3v) is 3.60. The number of nitrogens with zero attached hydrogens (tertiary/aromatic N) is 1. The van der Waals surface area contributed by atoms with Gasteiger partial charge in [-0.05, 0) is 35.9 Å². The molecule has 3 nitrogen and oxygen atoms in total. The Labute approximate surface area is 139 Å². The van der Waals surface area contributed by atoms with Crippen LogP contribution >= 0.6 is 23.2 Å². The molecule has 0 aromatic heterocycles. The van der Waals surface area contributed by atoms with E-state index < -0.39 is 17.6 Å². The number of hydrogen-bond donors (Lipinski definition) is 0. The quantitative estimate of drug-likeness (QED) is 0.449. The maximum atomic E-state index is 13.3. The molecule has 23 heavy (non-hydrogen) atoms. The van der Waals surface area contributed by atoms with Crippen molar-refractivity contribution in [3.05, 3.63) is 74.9 Å². The normalized spacial score (nSPS) is 15.7. The Morgan fingerprint density at radius 3 is 2.39 bits per heavy atom. The van der Waals surface area contributed by atoms with Crippen molar-refractivity contribution in [2.75, 3.05) is 0 Å². The fraction of sp³-hybridized carbons (Fsp3) is 0. The summed E-state index contributed by atoms with van der Waals surface area (Å²) in [6.45, 7) is 0. The van der Waals surface area contributed by atoms with E-state index in [2.05, 4.69) is 4.99 Å². The third-order valence-electron chi connectivity index (χ3n) is 3.03. The van der Waals surface area contributed by atoms with Crippen molar-refractivity contribution in [1.29, 1.82) is 0 Å². The Kier molecular flexibility index (Phi) is 4.15. The van der Waals surface area contributed by atoms with E-state index in [0.29, 0.717) is 10.6 Å². The van der Waals surface area contributed by atoms with Crippen molar-refractivity contribution in [1.82, 2.24) is 0 Å². The SMILES string of the molecule is O=C1OC(c2cc(F)c(F)cc2Cl)=NC1=Cc1ccc(Cl)cc1. The van der Waals surface area contributed by atoms with Crippen molar-refractivity contribution in [2.24, 2.45) is 4.99 Å². The van der Waals surface area contributed by atoms with Gasteiger partial charge in [-0.2, -0.15) is 0 Å². The second kappa shape index (κ2) is 6.10. The van der Waals surface area contributed by atoms with Gasteiger partial charge in [0.15, 0.2) is 17.3 Å². The molecule has 1 aliphatic rings. The molecule has 7 heteroatoms. The molecule has 1 aliphatic heterocycles. The van der Waals surface area contributed by atoms with Gasteiger partial charge >= 0.3 is 5.97 Å². The highest BCUT2D eigenvalue weighted by Gasteiger charge is 2.26. The molecule has 0 radical (unpaired) electrons. The Bertz CT molecular complexity index is 861. The van der Waals surface area contributed by atoms with Crippen LogP contribution in [0.1, 0.15) is 11.1 Å². The molecule has 2 aromatic rings. The van der Waals surface area contributed by atoms with Crippen LogP contribution in [-0.2, 0) is 9.53 Å². The largest absolute Gasteiger partial charge is 0.402 e. The summed E-state index contributed by atoms with van der Waals surface area (Å²) in [5, 5.41) is 0.446. The Morgan fingerprint density at radius 2 is 1.70 bits per heavy atom. The van der Waals surface area contributed by atoms with Crippen LogP contribution in [0.15, 0.2) is 47.1 Å². The summed E-state index contributed by atoms with van der Waals surface area (Å²) in [4.78, 5) is 15.8. The van der Waals surface area contributed by atoms with Gasteiger partial charge in [0.05, 0.1) is 10.6 Å². The molecule has 116 valence electrons. The standard InChI is InChI=1S/C16H7Cl2F2NO2/c17-9-3-1-8(2-4-9)5-14-16(22)23-15(21-14)10-6-12(19)13(20)7-11(10)18/h1-7H. The summed E-state index contributed by atoms with van der Waals surface area (Å²) in [7, 11) is 0. The van der Waals surface area contributed by atoms with Gasteiger partial charge in [0.2, 0.25) is 5.90 Å². The molecule has 0 saturated heterocycles. The van der Waals surface area contributed by atoms with Gasteiger partial charge in [0, 0.05) is 5.02 Å². The predicted molar refractivity (Wildman–Crippen MR) is 83.4 cm³/mol. The number of carbonyl (C=O) groups excluding carboxylic acids is 1. The van der Waals surface area contributed by atoms with Crippen LogP contribution in [0.2, 0.25) is 10.0 Å². The molecule has 0 saturated carbocycles. The highest BCUT2D eigenvalue weighted by molar-refractivity contribution is 6.34. The summed E-state index contributed by atoms with van der Waals surface area (Å²) < 4.78 is 31.4. The zero-order chi connectivity index (χ0) is 16.6. The minimum absolute atomic E-state index is 0.00146. The third kappa shape index (κ3) is 3.25. The lowest BCUT2D eigenvalue weighted by molar-refractivity contribution is -0.129. The topological polar surface area (TPSA) is 38.7 Å². The van der Waals surface area contributed by atoms with E-state index in [1.165, 1.54) is 6.08 Å². The molecule has 0 spiro atoms. The number of ether oxygens (including phenoxy) is 1. The first kappa shape index (κ1) is 15.6. The van der Waals surface area contributed by atoms with E-state index in [-0.39, 0.29) is 22.2 Å². The Morgan fingerprint density at radius 1 is 1.04 bits per heavy atom. The highest BCUT2D eigenvalue weighted by Crippen LogP contribution is 2.26. The lowest BCUT2D eigenvalue weighted by Crippen LogP contribution is -2.07. The first-order valence-corrected chi connectivity index (χ1v) is 7.12. The van der Waals surface area contributed by atoms with Gasteiger partial charge in [0.1, 0.15) is 0 Å². The molecule has 0 amide bonds. The molecule has 0 N–H and O–H groups in total. The number of rotatable bonds is 2. The minimum Gasteiger partial charge on any atom is -0.402 e. The van der Waals surface area contributed by atoms with Gasteiger partial charge in [0.25, 0.3) is 0 Å². The van der Waals surface area contributed by atoms with Gasteiger partial charge in [-0.1, -0.05) is 35.3 Å². The zero-order valence-electron chi connectivity index (χ0n) is 11.3. The first-order chi connectivity index (χ1) is 10.9. The maximum Gasteiger partial charge on any atom is 0.363 e. The van der Waals surface area contributed by atoms with Crippen LogP contribution in [-0.4, -0.2) is 11.9 Å². The van der Waals surface area contributed by atoms with Gasteiger partial charge < -0.3 is 4.74 Å². The van der Waals surface area contributed by atoms with Crippen LogP contribution in [0.3, 0.4) is 0 Å². The van der Waals surface area contributed by atoms with E-state index >= 15 is 0 Å². The Hall–Kier alpha value is -2.24.